The molecule has 1 amide bonds. The standard InChI is InChI=1S/C23H20FNO/c1-16-8-2-4-10-18(16)23(26)25-15-14-17-9-3-5-11-19(17)22(25)20-12-6-7-13-21(20)24/h2-13,22H,14-15H2,1H3. The molecule has 0 N–H and O–H groups in total. The fourth-order valence-electron chi connectivity index (χ4n) is 3.79. The van der Waals surface area contributed by atoms with E-state index in [0.717, 1.165) is 17.5 Å². The Hall–Kier alpha value is -2.94. The predicted octanol–water partition coefficient (Wildman–Crippen LogP) is 4.92. The Morgan fingerprint density at radius 3 is 2.35 bits per heavy atom. The van der Waals surface area contributed by atoms with Crippen LogP contribution < -0.4 is 0 Å². The first-order chi connectivity index (χ1) is 12.7. The van der Waals surface area contributed by atoms with E-state index in [1.54, 1.807) is 12.1 Å². The number of carbonyl (C=O) groups excluding carboxylic acids is 1. The van der Waals surface area contributed by atoms with E-state index >= 15 is 0 Å². The summed E-state index contributed by atoms with van der Waals surface area (Å²) in [5.74, 6) is -0.331. The van der Waals surface area contributed by atoms with Crippen molar-refractivity contribution in [3.63, 3.8) is 0 Å². The van der Waals surface area contributed by atoms with Crippen molar-refractivity contribution in [2.45, 2.75) is 19.4 Å². The van der Waals surface area contributed by atoms with Gasteiger partial charge in [0.2, 0.25) is 0 Å². The molecule has 3 aromatic rings. The van der Waals surface area contributed by atoms with E-state index in [1.807, 2.05) is 60.4 Å². The summed E-state index contributed by atoms with van der Waals surface area (Å²) in [6.07, 6.45) is 0.777. The minimum absolute atomic E-state index is 0.0501. The Morgan fingerprint density at radius 1 is 0.923 bits per heavy atom. The van der Waals surface area contributed by atoms with Crippen LogP contribution in [0.15, 0.2) is 72.8 Å². The molecule has 26 heavy (non-hydrogen) atoms. The molecule has 1 aliphatic heterocycles. The first-order valence-electron chi connectivity index (χ1n) is 8.85. The number of amides is 1. The van der Waals surface area contributed by atoms with E-state index in [4.69, 9.17) is 0 Å². The third-order valence-electron chi connectivity index (χ3n) is 5.12. The largest absolute Gasteiger partial charge is 0.327 e. The van der Waals surface area contributed by atoms with Gasteiger partial charge in [0, 0.05) is 17.7 Å². The molecule has 0 spiro atoms. The Bertz CT molecular complexity index is 966. The molecule has 0 radical (unpaired) electrons. The Balaban J connectivity index is 1.85. The van der Waals surface area contributed by atoms with Gasteiger partial charge in [-0.1, -0.05) is 60.7 Å². The van der Waals surface area contributed by atoms with E-state index < -0.39 is 6.04 Å². The molecule has 0 bridgehead atoms. The molecule has 0 fully saturated rings. The van der Waals surface area contributed by atoms with E-state index in [-0.39, 0.29) is 11.7 Å². The molecule has 130 valence electrons. The highest BCUT2D eigenvalue weighted by Gasteiger charge is 2.34. The summed E-state index contributed by atoms with van der Waals surface area (Å²) in [4.78, 5) is 15.1. The molecular weight excluding hydrogens is 325 g/mol. The highest BCUT2D eigenvalue weighted by molar-refractivity contribution is 5.96. The molecule has 0 saturated heterocycles. The average molecular weight is 345 g/mol. The van der Waals surface area contributed by atoms with Crippen LogP contribution in [-0.4, -0.2) is 17.4 Å². The number of benzene rings is 3. The second-order valence-electron chi connectivity index (χ2n) is 6.69. The number of rotatable bonds is 2. The van der Waals surface area contributed by atoms with Crippen molar-refractivity contribution in [2.75, 3.05) is 6.54 Å². The number of carbonyl (C=O) groups is 1. The summed E-state index contributed by atoms with van der Waals surface area (Å²) < 4.78 is 14.6. The first-order valence-corrected chi connectivity index (χ1v) is 8.85. The summed E-state index contributed by atoms with van der Waals surface area (Å²) in [5, 5.41) is 0. The molecule has 4 rings (SSSR count). The number of hydrogen-bond donors (Lipinski definition) is 0. The van der Waals surface area contributed by atoms with Gasteiger partial charge in [0.1, 0.15) is 5.82 Å². The summed E-state index contributed by atoms with van der Waals surface area (Å²) in [5.41, 5.74) is 4.33. The fraction of sp³-hybridized carbons (Fsp3) is 0.174. The molecule has 0 aromatic heterocycles. The van der Waals surface area contributed by atoms with E-state index in [0.29, 0.717) is 17.7 Å². The van der Waals surface area contributed by atoms with Gasteiger partial charge in [-0.25, -0.2) is 4.39 Å². The zero-order chi connectivity index (χ0) is 18.1. The minimum Gasteiger partial charge on any atom is -0.327 e. The van der Waals surface area contributed by atoms with Crippen LogP contribution in [0, 0.1) is 12.7 Å². The molecule has 2 nitrogen and oxygen atoms in total. The predicted molar refractivity (Wildman–Crippen MR) is 101 cm³/mol. The number of halogens is 1. The minimum atomic E-state index is -0.409. The second-order valence-corrected chi connectivity index (χ2v) is 6.69. The van der Waals surface area contributed by atoms with Crippen LogP contribution in [-0.2, 0) is 6.42 Å². The zero-order valence-corrected chi connectivity index (χ0v) is 14.7. The van der Waals surface area contributed by atoms with Crippen LogP contribution in [0.3, 0.4) is 0 Å². The van der Waals surface area contributed by atoms with Gasteiger partial charge in [-0.15, -0.1) is 0 Å². The number of hydrogen-bond acceptors (Lipinski definition) is 1. The van der Waals surface area contributed by atoms with Crippen molar-refractivity contribution in [3.05, 3.63) is 106 Å². The maximum atomic E-state index is 14.6. The number of fused-ring (bicyclic) bond motifs is 1. The fourth-order valence-corrected chi connectivity index (χ4v) is 3.79. The van der Waals surface area contributed by atoms with Gasteiger partial charge in [-0.3, -0.25) is 4.79 Å². The summed E-state index contributed by atoms with van der Waals surface area (Å²) in [6.45, 7) is 2.51. The lowest BCUT2D eigenvalue weighted by atomic mass is 9.87. The SMILES string of the molecule is Cc1ccccc1C(=O)N1CCc2ccccc2C1c1ccccc1F. The van der Waals surface area contributed by atoms with Crippen LogP contribution >= 0.6 is 0 Å². The zero-order valence-electron chi connectivity index (χ0n) is 14.7. The molecule has 1 heterocycles. The third-order valence-corrected chi connectivity index (χ3v) is 5.12. The summed E-state index contributed by atoms with van der Waals surface area (Å²) >= 11 is 0. The number of nitrogens with zero attached hydrogens (tertiary/aromatic N) is 1. The second kappa shape index (κ2) is 6.75. The molecular formula is C23H20FNO. The van der Waals surface area contributed by atoms with Crippen molar-refractivity contribution in [3.8, 4) is 0 Å². The molecule has 1 unspecified atom stereocenters. The highest BCUT2D eigenvalue weighted by Crippen LogP contribution is 2.37. The topological polar surface area (TPSA) is 20.3 Å². The Labute approximate surface area is 152 Å². The lowest BCUT2D eigenvalue weighted by Gasteiger charge is -2.38. The van der Waals surface area contributed by atoms with Gasteiger partial charge >= 0.3 is 0 Å². The molecule has 1 atom stereocenters. The highest BCUT2D eigenvalue weighted by atomic mass is 19.1. The number of aryl methyl sites for hydroxylation is 1. The Kier molecular flexibility index (Phi) is 4.29. The van der Waals surface area contributed by atoms with Gasteiger partial charge < -0.3 is 4.90 Å². The Morgan fingerprint density at radius 2 is 1.58 bits per heavy atom. The lowest BCUT2D eigenvalue weighted by molar-refractivity contribution is 0.0691. The first kappa shape index (κ1) is 16.5. The molecule has 1 aliphatic rings. The van der Waals surface area contributed by atoms with Crippen LogP contribution in [0.5, 0.6) is 0 Å². The smallest absolute Gasteiger partial charge is 0.254 e. The van der Waals surface area contributed by atoms with Crippen LogP contribution in [0.25, 0.3) is 0 Å². The van der Waals surface area contributed by atoms with Crippen molar-refractivity contribution < 1.29 is 9.18 Å². The molecule has 0 aliphatic carbocycles. The van der Waals surface area contributed by atoms with Crippen molar-refractivity contribution in [1.29, 1.82) is 0 Å². The summed E-state index contributed by atoms with van der Waals surface area (Å²) in [6, 6.07) is 21.9. The van der Waals surface area contributed by atoms with Gasteiger partial charge in [0.25, 0.3) is 5.91 Å². The monoisotopic (exact) mass is 345 g/mol. The van der Waals surface area contributed by atoms with Crippen molar-refractivity contribution in [1.82, 2.24) is 4.90 Å². The molecule has 0 saturated carbocycles. The van der Waals surface area contributed by atoms with E-state index in [2.05, 4.69) is 6.07 Å². The van der Waals surface area contributed by atoms with Gasteiger partial charge in [-0.05, 0) is 42.2 Å². The van der Waals surface area contributed by atoms with Crippen LogP contribution in [0.2, 0.25) is 0 Å². The maximum Gasteiger partial charge on any atom is 0.254 e. The molecule has 3 heteroatoms. The normalized spacial score (nSPS) is 16.2. The van der Waals surface area contributed by atoms with E-state index in [9.17, 15) is 9.18 Å². The van der Waals surface area contributed by atoms with Crippen molar-refractivity contribution in [2.24, 2.45) is 0 Å². The van der Waals surface area contributed by atoms with Gasteiger partial charge in [0.05, 0.1) is 6.04 Å². The molecule has 3 aromatic carbocycles. The maximum absolute atomic E-state index is 14.6. The van der Waals surface area contributed by atoms with Gasteiger partial charge in [-0.2, -0.15) is 0 Å². The van der Waals surface area contributed by atoms with Gasteiger partial charge in [0.15, 0.2) is 0 Å². The lowest BCUT2D eigenvalue weighted by Crippen LogP contribution is -2.41. The van der Waals surface area contributed by atoms with Crippen LogP contribution in [0.4, 0.5) is 4.39 Å². The van der Waals surface area contributed by atoms with Crippen LogP contribution in [0.1, 0.15) is 38.7 Å². The quantitative estimate of drug-likeness (QED) is 0.645. The average Bonchev–Trinajstić information content (AvgIpc) is 2.67. The third kappa shape index (κ3) is 2.80. The van der Waals surface area contributed by atoms with E-state index in [1.165, 1.54) is 11.6 Å². The summed E-state index contributed by atoms with van der Waals surface area (Å²) in [7, 11) is 0. The van der Waals surface area contributed by atoms with Crippen molar-refractivity contribution >= 4 is 5.91 Å².